The Balaban J connectivity index is 2.29. The summed E-state index contributed by atoms with van der Waals surface area (Å²) in [5.41, 5.74) is 2.02. The van der Waals surface area contributed by atoms with Crippen molar-refractivity contribution in [1.82, 2.24) is 0 Å². The van der Waals surface area contributed by atoms with E-state index in [0.29, 0.717) is 0 Å². The van der Waals surface area contributed by atoms with Gasteiger partial charge in [0.25, 0.3) is 0 Å². The molecule has 1 aromatic carbocycles. The molecule has 0 heterocycles. The van der Waals surface area contributed by atoms with Crippen LogP contribution in [0.5, 0.6) is 0 Å². The van der Waals surface area contributed by atoms with Crippen molar-refractivity contribution in [1.29, 1.82) is 0 Å². The Morgan fingerprint density at radius 2 is 1.50 bits per heavy atom. The van der Waals surface area contributed by atoms with Gasteiger partial charge in [0.2, 0.25) is 0 Å². The Morgan fingerprint density at radius 1 is 0.833 bits per heavy atom. The summed E-state index contributed by atoms with van der Waals surface area (Å²) in [6, 6.07) is 9.95. The molecule has 0 aliphatic heterocycles. The predicted molar refractivity (Wildman–Crippen MR) is 51.8 cm³/mol. The van der Waals surface area contributed by atoms with E-state index in [0.717, 1.165) is 11.4 Å². The molecule has 12 heavy (non-hydrogen) atoms. The van der Waals surface area contributed by atoms with Gasteiger partial charge in [0.15, 0.2) is 0 Å². The quantitative estimate of drug-likeness (QED) is 0.591. The van der Waals surface area contributed by atoms with Crippen LogP contribution in [0.4, 0.5) is 5.69 Å². The molecule has 1 aliphatic carbocycles. The number of para-hydroxylation sites is 1. The van der Waals surface area contributed by atoms with Crippen LogP contribution in [-0.2, 0) is 0 Å². The molecule has 1 heteroatoms. The fraction of sp³-hybridized carbons (Fsp3) is 0. The SMILES string of the molecule is C1=CC(=Nc2ccccc2)C=C1. The third-order valence-electron chi connectivity index (χ3n) is 1.66. The molecule has 0 saturated heterocycles. The second kappa shape index (κ2) is 3.18. The molecule has 1 nitrogen and oxygen atoms in total. The van der Waals surface area contributed by atoms with Gasteiger partial charge in [-0.2, -0.15) is 0 Å². The van der Waals surface area contributed by atoms with Gasteiger partial charge >= 0.3 is 0 Å². The molecule has 0 atom stereocenters. The molecule has 0 amide bonds. The Kier molecular flexibility index (Phi) is 1.87. The lowest BCUT2D eigenvalue weighted by molar-refractivity contribution is 1.53. The minimum Gasteiger partial charge on any atom is -0.249 e. The molecule has 0 unspecified atom stereocenters. The fourth-order valence-electron chi connectivity index (χ4n) is 1.09. The zero-order valence-corrected chi connectivity index (χ0v) is 6.64. The van der Waals surface area contributed by atoms with Crippen LogP contribution in [0.25, 0.3) is 0 Å². The van der Waals surface area contributed by atoms with E-state index in [1.165, 1.54) is 0 Å². The van der Waals surface area contributed by atoms with Crippen molar-refractivity contribution >= 4 is 11.4 Å². The summed E-state index contributed by atoms with van der Waals surface area (Å²) in [5.74, 6) is 0. The molecule has 1 aliphatic rings. The maximum atomic E-state index is 4.40. The van der Waals surface area contributed by atoms with Crippen LogP contribution in [-0.4, -0.2) is 5.71 Å². The van der Waals surface area contributed by atoms with Crippen molar-refractivity contribution in [3.05, 3.63) is 54.6 Å². The van der Waals surface area contributed by atoms with E-state index in [1.54, 1.807) is 0 Å². The first-order valence-electron chi connectivity index (χ1n) is 3.94. The molecule has 2 rings (SSSR count). The van der Waals surface area contributed by atoms with E-state index in [4.69, 9.17) is 0 Å². The highest BCUT2D eigenvalue weighted by Crippen LogP contribution is 2.11. The summed E-state index contributed by atoms with van der Waals surface area (Å²) in [5, 5.41) is 0. The van der Waals surface area contributed by atoms with Crippen LogP contribution >= 0.6 is 0 Å². The maximum Gasteiger partial charge on any atom is 0.0636 e. The number of hydrogen-bond acceptors (Lipinski definition) is 1. The molecule has 58 valence electrons. The third kappa shape index (κ3) is 1.51. The van der Waals surface area contributed by atoms with E-state index in [2.05, 4.69) is 4.99 Å². The average Bonchev–Trinajstić information content (AvgIpc) is 2.59. The van der Waals surface area contributed by atoms with Crippen molar-refractivity contribution in [2.75, 3.05) is 0 Å². The minimum atomic E-state index is 1.00. The van der Waals surface area contributed by atoms with Gasteiger partial charge in [-0.1, -0.05) is 30.4 Å². The van der Waals surface area contributed by atoms with Gasteiger partial charge in [0.05, 0.1) is 11.4 Å². The van der Waals surface area contributed by atoms with Gasteiger partial charge in [-0.15, -0.1) is 0 Å². The Bertz CT molecular complexity index is 331. The first-order valence-corrected chi connectivity index (χ1v) is 3.94. The van der Waals surface area contributed by atoms with E-state index in [-0.39, 0.29) is 0 Å². The molecule has 0 bridgehead atoms. The van der Waals surface area contributed by atoms with Crippen LogP contribution in [0.15, 0.2) is 59.6 Å². The minimum absolute atomic E-state index is 1.00. The molecular formula is C11H9N. The summed E-state index contributed by atoms with van der Waals surface area (Å²) < 4.78 is 0. The van der Waals surface area contributed by atoms with Crippen molar-refractivity contribution in [2.45, 2.75) is 0 Å². The number of nitrogens with zero attached hydrogens (tertiary/aromatic N) is 1. The van der Waals surface area contributed by atoms with Crippen LogP contribution in [0, 0.1) is 0 Å². The van der Waals surface area contributed by atoms with Gasteiger partial charge in [0.1, 0.15) is 0 Å². The van der Waals surface area contributed by atoms with Gasteiger partial charge in [-0.05, 0) is 24.3 Å². The van der Waals surface area contributed by atoms with Crippen molar-refractivity contribution in [3.63, 3.8) is 0 Å². The monoisotopic (exact) mass is 155 g/mol. The molecular weight excluding hydrogens is 146 g/mol. The lowest BCUT2D eigenvalue weighted by atomic mass is 10.3. The molecule has 1 aromatic rings. The van der Waals surface area contributed by atoms with Gasteiger partial charge in [-0.3, -0.25) is 0 Å². The zero-order chi connectivity index (χ0) is 8.23. The third-order valence-corrected chi connectivity index (χ3v) is 1.66. The molecule has 0 saturated carbocycles. The first-order chi connectivity index (χ1) is 5.95. The smallest absolute Gasteiger partial charge is 0.0636 e. The summed E-state index contributed by atoms with van der Waals surface area (Å²) in [6.07, 6.45) is 7.96. The van der Waals surface area contributed by atoms with Crippen molar-refractivity contribution < 1.29 is 0 Å². The standard InChI is InChI=1S/C11H9N/c1-2-6-10(7-3-1)12-11-8-4-5-9-11/h1-9H. The van der Waals surface area contributed by atoms with Crippen LogP contribution in [0.2, 0.25) is 0 Å². The van der Waals surface area contributed by atoms with E-state index < -0.39 is 0 Å². The highest BCUT2D eigenvalue weighted by atomic mass is 14.7. The van der Waals surface area contributed by atoms with E-state index >= 15 is 0 Å². The maximum absolute atomic E-state index is 4.40. The highest BCUT2D eigenvalue weighted by Gasteiger charge is 1.92. The average molecular weight is 155 g/mol. The summed E-state index contributed by atoms with van der Waals surface area (Å²) in [4.78, 5) is 4.40. The number of allylic oxidation sites excluding steroid dienone is 4. The molecule has 0 fully saturated rings. The van der Waals surface area contributed by atoms with Crippen molar-refractivity contribution in [3.8, 4) is 0 Å². The first kappa shape index (κ1) is 7.04. The van der Waals surface area contributed by atoms with Gasteiger partial charge in [-0.25, -0.2) is 4.99 Å². The topological polar surface area (TPSA) is 12.4 Å². The van der Waals surface area contributed by atoms with Crippen molar-refractivity contribution in [2.24, 2.45) is 4.99 Å². The molecule has 0 aromatic heterocycles. The van der Waals surface area contributed by atoms with Crippen LogP contribution in [0.3, 0.4) is 0 Å². The molecule has 0 spiro atoms. The number of rotatable bonds is 1. The fourth-order valence-corrected chi connectivity index (χ4v) is 1.09. The second-order valence-corrected chi connectivity index (χ2v) is 2.59. The van der Waals surface area contributed by atoms with Gasteiger partial charge in [0, 0.05) is 0 Å². The van der Waals surface area contributed by atoms with E-state index in [1.807, 2.05) is 54.6 Å². The largest absolute Gasteiger partial charge is 0.249 e. The number of aliphatic imine (C=N–C) groups is 1. The highest BCUT2D eigenvalue weighted by molar-refractivity contribution is 6.07. The van der Waals surface area contributed by atoms with Crippen LogP contribution < -0.4 is 0 Å². The van der Waals surface area contributed by atoms with Gasteiger partial charge < -0.3 is 0 Å². The Labute approximate surface area is 71.8 Å². The lowest BCUT2D eigenvalue weighted by Crippen LogP contribution is -1.80. The Morgan fingerprint density at radius 3 is 2.17 bits per heavy atom. The summed E-state index contributed by atoms with van der Waals surface area (Å²) in [6.45, 7) is 0. The van der Waals surface area contributed by atoms with E-state index in [9.17, 15) is 0 Å². The molecule has 0 radical (unpaired) electrons. The molecule has 0 N–H and O–H groups in total. The second-order valence-electron chi connectivity index (χ2n) is 2.59. The number of benzene rings is 1. The lowest BCUT2D eigenvalue weighted by Gasteiger charge is -1.92. The zero-order valence-electron chi connectivity index (χ0n) is 6.64. The predicted octanol–water partition coefficient (Wildman–Crippen LogP) is 2.89. The normalized spacial score (nSPS) is 13.8. The Hall–Kier alpha value is -1.63. The number of hydrogen-bond donors (Lipinski definition) is 0. The van der Waals surface area contributed by atoms with Crippen LogP contribution in [0.1, 0.15) is 0 Å². The summed E-state index contributed by atoms with van der Waals surface area (Å²) in [7, 11) is 0. The summed E-state index contributed by atoms with van der Waals surface area (Å²) >= 11 is 0.